The molecule has 286 valence electrons. The van der Waals surface area contributed by atoms with Gasteiger partial charge in [-0.3, -0.25) is 0 Å². The van der Waals surface area contributed by atoms with Crippen LogP contribution in [0.1, 0.15) is 75.1 Å². The van der Waals surface area contributed by atoms with Crippen LogP contribution in [0, 0.1) is 5.92 Å². The van der Waals surface area contributed by atoms with Crippen LogP contribution in [-0.4, -0.2) is 32.3 Å². The number of hydrogen-bond acceptors (Lipinski definition) is 8. The van der Waals surface area contributed by atoms with Crippen LogP contribution in [0.15, 0.2) is 140 Å². The Labute approximate surface area is 340 Å². The van der Waals surface area contributed by atoms with Gasteiger partial charge in [-0.1, -0.05) is 108 Å². The Morgan fingerprint density at radius 3 is 1.78 bits per heavy atom. The molecule has 4 aliphatic heterocycles. The van der Waals surface area contributed by atoms with Gasteiger partial charge in [0, 0.05) is 46.4 Å². The lowest BCUT2D eigenvalue weighted by atomic mass is 9.61. The average molecular weight is 759 g/mol. The molecule has 0 spiro atoms. The number of aromatic nitrogens is 4. The van der Waals surface area contributed by atoms with Gasteiger partial charge in [-0.2, -0.15) is 0 Å². The predicted octanol–water partition coefficient (Wildman–Crippen LogP) is 11.9. The van der Waals surface area contributed by atoms with Crippen LogP contribution in [0.25, 0.3) is 16.6 Å². The number of anilines is 8. The molecule has 0 saturated heterocycles. The number of nitrogens with zero attached hydrogens (tertiary/aromatic N) is 8. The lowest BCUT2D eigenvalue weighted by molar-refractivity contribution is 0.203. The fourth-order valence-electron chi connectivity index (χ4n) is 10.3. The van der Waals surface area contributed by atoms with Crippen LogP contribution in [0.4, 0.5) is 46.0 Å². The number of fused-ring (bicyclic) bond motifs is 15. The summed E-state index contributed by atoms with van der Waals surface area (Å²) in [5, 5.41) is 0. The third-order valence-corrected chi connectivity index (χ3v) is 13.1. The second-order valence-electron chi connectivity index (χ2n) is 17.1. The third-order valence-electron chi connectivity index (χ3n) is 13.1. The minimum atomic E-state index is -0.448. The van der Waals surface area contributed by atoms with E-state index < -0.39 is 5.41 Å². The van der Waals surface area contributed by atoms with Crippen molar-refractivity contribution in [1.82, 2.24) is 19.9 Å². The number of benzene rings is 5. The van der Waals surface area contributed by atoms with Crippen LogP contribution < -0.4 is 19.6 Å². The van der Waals surface area contributed by atoms with Crippen molar-refractivity contribution in [2.45, 2.75) is 70.6 Å². The van der Waals surface area contributed by atoms with Gasteiger partial charge in [-0.15, -0.1) is 0 Å². The first kappa shape index (κ1) is 34.7. The smallest absolute Gasteiger partial charge is 0.179 e. The van der Waals surface area contributed by atoms with Crippen molar-refractivity contribution in [3.63, 3.8) is 0 Å². The van der Waals surface area contributed by atoms with E-state index in [1.54, 1.807) is 0 Å². The molecule has 6 heterocycles. The fourth-order valence-corrected chi connectivity index (χ4v) is 10.3. The Balaban J connectivity index is 1.27. The maximum Gasteiger partial charge on any atom is 0.179 e. The van der Waals surface area contributed by atoms with E-state index in [1.165, 1.54) is 16.7 Å². The second kappa shape index (κ2) is 12.7. The van der Waals surface area contributed by atoms with E-state index in [1.807, 2.05) is 12.4 Å². The van der Waals surface area contributed by atoms with Gasteiger partial charge in [-0.05, 0) is 95.1 Å². The lowest BCUT2D eigenvalue weighted by Crippen LogP contribution is -2.65. The first-order valence-corrected chi connectivity index (χ1v) is 20.5. The third kappa shape index (κ3) is 4.87. The Hall–Kier alpha value is -6.54. The van der Waals surface area contributed by atoms with E-state index in [0.717, 1.165) is 74.6 Å². The highest BCUT2D eigenvalue weighted by Gasteiger charge is 2.63. The molecule has 5 aromatic carbocycles. The summed E-state index contributed by atoms with van der Waals surface area (Å²) < 4.78 is 0. The molecule has 4 atom stereocenters. The molecule has 0 amide bonds. The van der Waals surface area contributed by atoms with E-state index >= 15 is 0 Å². The molecule has 0 aliphatic carbocycles. The summed E-state index contributed by atoms with van der Waals surface area (Å²) in [6, 6.07) is 44.0. The molecular formula is C50H46N8. The molecular weight excluding hydrogens is 713 g/mol. The summed E-state index contributed by atoms with van der Waals surface area (Å²) in [5.74, 6) is 4.01. The van der Waals surface area contributed by atoms with Gasteiger partial charge in [0.1, 0.15) is 12.3 Å². The van der Waals surface area contributed by atoms with E-state index in [9.17, 15) is 0 Å². The van der Waals surface area contributed by atoms with E-state index in [0.29, 0.717) is 11.8 Å². The maximum absolute atomic E-state index is 5.56. The SMILES string of the molecule is C=C1CC2(C)c3ccccc3N3c4nccnc4N(c4ccccc4)C3C2C2N(c3ccc(C(C)C)cc3)c3nc4ccccc4nc3N2c2ccc(C(C)C)cc21. The highest BCUT2D eigenvalue weighted by atomic mass is 15.5. The van der Waals surface area contributed by atoms with Crippen molar-refractivity contribution in [3.8, 4) is 0 Å². The molecule has 58 heavy (non-hydrogen) atoms. The molecule has 11 rings (SSSR count). The van der Waals surface area contributed by atoms with Gasteiger partial charge in [-0.25, -0.2) is 19.9 Å². The molecule has 8 heteroatoms. The predicted molar refractivity (Wildman–Crippen MR) is 236 cm³/mol. The molecule has 4 aliphatic rings. The van der Waals surface area contributed by atoms with Crippen molar-refractivity contribution in [3.05, 3.63) is 163 Å². The molecule has 4 unspecified atom stereocenters. The van der Waals surface area contributed by atoms with Gasteiger partial charge in [0.2, 0.25) is 0 Å². The van der Waals surface area contributed by atoms with Crippen molar-refractivity contribution in [2.24, 2.45) is 5.92 Å². The molecule has 0 fully saturated rings. The minimum Gasteiger partial charge on any atom is -0.301 e. The van der Waals surface area contributed by atoms with Crippen LogP contribution in [0.2, 0.25) is 0 Å². The van der Waals surface area contributed by atoms with Crippen LogP contribution in [0.5, 0.6) is 0 Å². The normalized spacial score (nSPS) is 21.6. The molecule has 0 saturated carbocycles. The average Bonchev–Trinajstić information content (AvgIpc) is 3.75. The van der Waals surface area contributed by atoms with Crippen LogP contribution >= 0.6 is 0 Å². The number of hydrogen-bond donors (Lipinski definition) is 0. The fraction of sp³-hybridized carbons (Fsp3) is 0.240. The minimum absolute atomic E-state index is 0.128. The van der Waals surface area contributed by atoms with Crippen molar-refractivity contribution in [1.29, 1.82) is 0 Å². The van der Waals surface area contributed by atoms with Crippen molar-refractivity contribution in [2.75, 3.05) is 19.6 Å². The van der Waals surface area contributed by atoms with E-state index in [4.69, 9.17) is 26.5 Å². The Morgan fingerprint density at radius 2 is 1.10 bits per heavy atom. The summed E-state index contributed by atoms with van der Waals surface area (Å²) in [7, 11) is 0. The monoisotopic (exact) mass is 758 g/mol. The number of para-hydroxylation sites is 4. The summed E-state index contributed by atoms with van der Waals surface area (Å²) in [4.78, 5) is 31.2. The summed E-state index contributed by atoms with van der Waals surface area (Å²) in [6.45, 7) is 16.5. The summed E-state index contributed by atoms with van der Waals surface area (Å²) in [5.41, 5.74) is 11.8. The molecule has 7 aromatic rings. The Kier molecular flexibility index (Phi) is 7.62. The Morgan fingerprint density at radius 1 is 0.569 bits per heavy atom. The molecule has 0 radical (unpaired) electrons. The molecule has 0 bridgehead atoms. The van der Waals surface area contributed by atoms with Crippen molar-refractivity contribution < 1.29 is 0 Å². The van der Waals surface area contributed by atoms with Gasteiger partial charge in [0.15, 0.2) is 23.3 Å². The zero-order valence-corrected chi connectivity index (χ0v) is 33.6. The second-order valence-corrected chi connectivity index (χ2v) is 17.1. The van der Waals surface area contributed by atoms with Gasteiger partial charge >= 0.3 is 0 Å². The zero-order chi connectivity index (χ0) is 39.4. The quantitative estimate of drug-likeness (QED) is 0.176. The molecule has 8 nitrogen and oxygen atoms in total. The highest BCUT2D eigenvalue weighted by molar-refractivity contribution is 5.95. The number of allylic oxidation sites excluding steroid dienone is 1. The largest absolute Gasteiger partial charge is 0.301 e. The molecule has 2 aromatic heterocycles. The molecule has 0 N–H and O–H groups in total. The van der Waals surface area contributed by atoms with Crippen LogP contribution in [0.3, 0.4) is 0 Å². The number of rotatable bonds is 4. The highest BCUT2D eigenvalue weighted by Crippen LogP contribution is 2.64. The summed E-state index contributed by atoms with van der Waals surface area (Å²) in [6.07, 6.45) is 3.86. The van der Waals surface area contributed by atoms with E-state index in [2.05, 4.69) is 176 Å². The van der Waals surface area contributed by atoms with Crippen LogP contribution in [-0.2, 0) is 5.41 Å². The van der Waals surface area contributed by atoms with Gasteiger partial charge < -0.3 is 19.6 Å². The first-order chi connectivity index (χ1) is 28.2. The van der Waals surface area contributed by atoms with Gasteiger partial charge in [0.25, 0.3) is 0 Å². The first-order valence-electron chi connectivity index (χ1n) is 20.5. The Bertz CT molecular complexity index is 2760. The lowest BCUT2D eigenvalue weighted by Gasteiger charge is -2.57. The van der Waals surface area contributed by atoms with E-state index in [-0.39, 0.29) is 18.2 Å². The standard InChI is InChI=1S/C50H46N8/c1-30(2)33-20-23-36(24-21-33)56-46-47(54-40-18-12-11-17-39(40)53-46)57-41-25-22-34(31(3)4)28-37(41)32(5)29-50(6)38-16-10-13-19-42(38)58-45-44(51-26-27-52-45)55(35-14-8-7-9-15-35)48(58)43(50)49(56)57/h7-28,30-31,43,48-49H,5,29H2,1-4,6H3. The topological polar surface area (TPSA) is 64.5 Å². The summed E-state index contributed by atoms with van der Waals surface area (Å²) >= 11 is 0. The van der Waals surface area contributed by atoms with Crippen molar-refractivity contribution >= 4 is 62.6 Å². The van der Waals surface area contributed by atoms with Gasteiger partial charge in [0.05, 0.1) is 16.7 Å². The zero-order valence-electron chi connectivity index (χ0n) is 33.6. The maximum atomic E-state index is 5.56.